The molecule has 4 heterocycles. The maximum Gasteiger partial charge on any atom is 0.243 e. The molecule has 33 heavy (non-hydrogen) atoms. The minimum atomic E-state index is -0.0742. The molecule has 1 unspecified atom stereocenters. The Labute approximate surface area is 192 Å². The van der Waals surface area contributed by atoms with Crippen LogP contribution < -0.4 is 11.1 Å². The number of hydrogen-bond acceptors (Lipinski definition) is 6. The van der Waals surface area contributed by atoms with Crippen LogP contribution in [0, 0.1) is 0 Å². The molecule has 0 spiro atoms. The molecular weight excluding hydrogens is 414 g/mol. The van der Waals surface area contributed by atoms with E-state index in [1.165, 1.54) is 6.33 Å². The predicted octanol–water partition coefficient (Wildman–Crippen LogP) is 2.78. The Balaban J connectivity index is 1.52. The van der Waals surface area contributed by atoms with Gasteiger partial charge in [0.25, 0.3) is 0 Å². The van der Waals surface area contributed by atoms with Crippen molar-refractivity contribution in [3.05, 3.63) is 60.7 Å². The normalized spacial score (nSPS) is 16.0. The van der Waals surface area contributed by atoms with Crippen molar-refractivity contribution in [1.82, 2.24) is 29.7 Å². The molecule has 0 radical (unpaired) electrons. The van der Waals surface area contributed by atoms with Gasteiger partial charge in [-0.25, -0.2) is 9.97 Å². The first-order valence-corrected chi connectivity index (χ1v) is 11.1. The second-order valence-corrected chi connectivity index (χ2v) is 8.72. The fraction of sp³-hybridized carbons (Fsp3) is 0.280. The molecule has 3 N–H and O–H groups in total. The molecule has 0 bridgehead atoms. The van der Waals surface area contributed by atoms with Gasteiger partial charge in [0.15, 0.2) is 0 Å². The highest BCUT2D eigenvalue weighted by Crippen LogP contribution is 2.39. The topological polar surface area (TPSA) is 102 Å². The van der Waals surface area contributed by atoms with Crippen molar-refractivity contribution in [2.45, 2.75) is 25.4 Å². The fourth-order valence-electron chi connectivity index (χ4n) is 4.58. The van der Waals surface area contributed by atoms with Crippen LogP contribution in [0.25, 0.3) is 33.1 Å². The quantitative estimate of drug-likeness (QED) is 0.462. The van der Waals surface area contributed by atoms with E-state index < -0.39 is 0 Å². The van der Waals surface area contributed by atoms with E-state index in [9.17, 15) is 4.79 Å². The van der Waals surface area contributed by atoms with Crippen molar-refractivity contribution in [2.75, 3.05) is 26.4 Å². The number of likely N-dealkylation sites (N-methyl/N-ethyl adjacent to an activating group) is 1. The number of fused-ring (bicyclic) bond motifs is 4. The summed E-state index contributed by atoms with van der Waals surface area (Å²) in [4.78, 5) is 27.9. The maximum atomic E-state index is 12.4. The third-order valence-corrected chi connectivity index (χ3v) is 6.07. The molecule has 1 atom stereocenters. The highest BCUT2D eigenvalue weighted by Gasteiger charge is 2.28. The molecule has 168 valence electrons. The Morgan fingerprint density at radius 3 is 2.97 bits per heavy atom. The summed E-state index contributed by atoms with van der Waals surface area (Å²) in [5, 5.41) is 5.06. The summed E-state index contributed by atoms with van der Waals surface area (Å²) in [6.07, 6.45) is 8.51. The number of nitrogen functional groups attached to an aromatic ring is 1. The Kier molecular flexibility index (Phi) is 5.51. The summed E-state index contributed by atoms with van der Waals surface area (Å²) in [6.45, 7) is 1.36. The van der Waals surface area contributed by atoms with E-state index in [4.69, 9.17) is 5.73 Å². The average Bonchev–Trinajstić information content (AvgIpc) is 3.13. The summed E-state index contributed by atoms with van der Waals surface area (Å²) < 4.78 is 2.18. The van der Waals surface area contributed by atoms with Crippen molar-refractivity contribution >= 4 is 33.7 Å². The number of amides is 1. The third-order valence-electron chi connectivity index (χ3n) is 6.07. The van der Waals surface area contributed by atoms with Gasteiger partial charge < -0.3 is 20.5 Å². The van der Waals surface area contributed by atoms with E-state index in [0.717, 1.165) is 58.1 Å². The molecule has 1 aliphatic heterocycles. The van der Waals surface area contributed by atoms with Gasteiger partial charge >= 0.3 is 0 Å². The van der Waals surface area contributed by atoms with Crippen LogP contribution >= 0.6 is 0 Å². The van der Waals surface area contributed by atoms with Crippen LogP contribution in [0.1, 0.15) is 12.1 Å². The summed E-state index contributed by atoms with van der Waals surface area (Å²) in [7, 11) is 3.94. The number of nitrogens with one attached hydrogen (secondary N) is 1. The van der Waals surface area contributed by atoms with Crippen LogP contribution in [-0.4, -0.2) is 57.0 Å². The number of aromatic nitrogens is 4. The monoisotopic (exact) mass is 441 g/mol. The van der Waals surface area contributed by atoms with Gasteiger partial charge in [-0.15, -0.1) is 0 Å². The molecule has 1 aliphatic rings. The maximum absolute atomic E-state index is 12.4. The number of para-hydroxylation sites is 1. The first kappa shape index (κ1) is 21.1. The zero-order valence-corrected chi connectivity index (χ0v) is 18.8. The van der Waals surface area contributed by atoms with Gasteiger partial charge in [-0.05, 0) is 39.1 Å². The van der Waals surface area contributed by atoms with Gasteiger partial charge in [0.1, 0.15) is 17.8 Å². The van der Waals surface area contributed by atoms with E-state index in [2.05, 4.69) is 37.0 Å². The van der Waals surface area contributed by atoms with Crippen LogP contribution in [0.3, 0.4) is 0 Å². The minimum absolute atomic E-state index is 0.0170. The molecule has 4 aromatic rings. The number of nitrogens with zero attached hydrogens (tertiary/aromatic N) is 5. The molecule has 8 nitrogen and oxygen atoms in total. The lowest BCUT2D eigenvalue weighted by molar-refractivity contribution is -0.117. The van der Waals surface area contributed by atoms with Gasteiger partial charge in [-0.2, -0.15) is 0 Å². The SMILES string of the molecule is CN(C)CC=CC(=O)NC1CCc2c(-c3cnc4ccccc4c3)c3c(N)ncnc3n2C1. The van der Waals surface area contributed by atoms with Gasteiger partial charge in [-0.3, -0.25) is 9.78 Å². The van der Waals surface area contributed by atoms with E-state index in [0.29, 0.717) is 12.4 Å². The summed E-state index contributed by atoms with van der Waals surface area (Å²) >= 11 is 0. The Morgan fingerprint density at radius 1 is 1.27 bits per heavy atom. The van der Waals surface area contributed by atoms with Gasteiger partial charge in [0.2, 0.25) is 5.91 Å². The van der Waals surface area contributed by atoms with Crippen LogP contribution in [-0.2, 0) is 17.8 Å². The van der Waals surface area contributed by atoms with Crippen molar-refractivity contribution in [3.8, 4) is 11.1 Å². The lowest BCUT2D eigenvalue weighted by atomic mass is 9.97. The predicted molar refractivity (Wildman–Crippen MR) is 131 cm³/mol. The first-order valence-electron chi connectivity index (χ1n) is 11.1. The summed E-state index contributed by atoms with van der Waals surface area (Å²) in [5.74, 6) is 0.382. The zero-order chi connectivity index (χ0) is 22.9. The van der Waals surface area contributed by atoms with Crippen molar-refractivity contribution in [1.29, 1.82) is 0 Å². The van der Waals surface area contributed by atoms with E-state index in [1.54, 1.807) is 6.08 Å². The molecule has 1 amide bonds. The molecule has 0 aliphatic carbocycles. The van der Waals surface area contributed by atoms with Crippen LogP contribution in [0.15, 0.2) is 55.0 Å². The number of benzene rings is 1. The first-order chi connectivity index (χ1) is 16.0. The number of rotatable bonds is 5. The molecule has 1 aromatic carbocycles. The summed E-state index contributed by atoms with van der Waals surface area (Å²) in [5.41, 5.74) is 11.3. The highest BCUT2D eigenvalue weighted by atomic mass is 16.1. The molecule has 0 fully saturated rings. The fourth-order valence-corrected chi connectivity index (χ4v) is 4.58. The minimum Gasteiger partial charge on any atom is -0.383 e. The number of hydrogen-bond donors (Lipinski definition) is 2. The third kappa shape index (κ3) is 4.05. The molecule has 8 heteroatoms. The molecule has 3 aromatic heterocycles. The van der Waals surface area contributed by atoms with Crippen LogP contribution in [0.5, 0.6) is 0 Å². The van der Waals surface area contributed by atoms with Crippen molar-refractivity contribution < 1.29 is 4.79 Å². The van der Waals surface area contributed by atoms with E-state index in [1.807, 2.05) is 49.5 Å². The average molecular weight is 442 g/mol. The van der Waals surface area contributed by atoms with Crippen molar-refractivity contribution in [2.24, 2.45) is 0 Å². The van der Waals surface area contributed by atoms with E-state index >= 15 is 0 Å². The Morgan fingerprint density at radius 2 is 2.12 bits per heavy atom. The van der Waals surface area contributed by atoms with Crippen LogP contribution in [0.2, 0.25) is 0 Å². The zero-order valence-electron chi connectivity index (χ0n) is 18.8. The molecule has 0 saturated heterocycles. The molecule has 5 rings (SSSR count). The lowest BCUT2D eigenvalue weighted by Crippen LogP contribution is -2.40. The van der Waals surface area contributed by atoms with Gasteiger partial charge in [0, 0.05) is 53.6 Å². The summed E-state index contributed by atoms with van der Waals surface area (Å²) in [6, 6.07) is 10.2. The molecule has 0 saturated carbocycles. The highest BCUT2D eigenvalue weighted by molar-refractivity contribution is 6.03. The number of anilines is 1. The second kappa shape index (κ2) is 8.63. The standard InChI is InChI=1S/C25H27N7O/c1-31(2)11-5-8-21(33)30-18-9-10-20-22(17-12-16-6-3-4-7-19(16)27-13-17)23-24(26)28-15-29-25(23)32(20)14-18/h3-8,12-13,15,18H,9-11,14H2,1-2H3,(H,30,33)(H2,26,28,29). The van der Waals surface area contributed by atoms with Crippen LogP contribution in [0.4, 0.5) is 5.82 Å². The lowest BCUT2D eigenvalue weighted by Gasteiger charge is -2.26. The van der Waals surface area contributed by atoms with Gasteiger partial charge in [0.05, 0.1) is 10.9 Å². The smallest absolute Gasteiger partial charge is 0.243 e. The van der Waals surface area contributed by atoms with Gasteiger partial charge in [-0.1, -0.05) is 24.3 Å². The van der Waals surface area contributed by atoms with E-state index in [-0.39, 0.29) is 11.9 Å². The number of carbonyl (C=O) groups excluding carboxylic acids is 1. The Hall–Kier alpha value is -3.78. The second-order valence-electron chi connectivity index (χ2n) is 8.72. The van der Waals surface area contributed by atoms with Crippen molar-refractivity contribution in [3.63, 3.8) is 0 Å². The Bertz CT molecular complexity index is 1370. The number of carbonyl (C=O) groups is 1. The number of pyridine rings is 1. The molecular formula is C25H27N7O. The largest absolute Gasteiger partial charge is 0.383 e. The number of nitrogens with two attached hydrogens (primary N) is 1.